The average molecular weight is 322 g/mol. The van der Waals surface area contributed by atoms with Crippen molar-refractivity contribution in [3.8, 4) is 5.75 Å². The fourth-order valence-corrected chi connectivity index (χ4v) is 2.99. The van der Waals surface area contributed by atoms with Gasteiger partial charge < -0.3 is 15.2 Å². The molecule has 7 heteroatoms. The normalized spacial score (nSPS) is 25.5. The highest BCUT2D eigenvalue weighted by Gasteiger charge is 2.56. The smallest absolute Gasteiger partial charge is 0.325 e. The number of nitrogens with one attached hydrogen (secondary N) is 1. The van der Waals surface area contributed by atoms with Crippen LogP contribution in [0.3, 0.4) is 0 Å². The summed E-state index contributed by atoms with van der Waals surface area (Å²) in [4.78, 5) is 25.6. The molecular weight excluding hydrogens is 303 g/mol. The van der Waals surface area contributed by atoms with Crippen molar-refractivity contribution in [2.45, 2.75) is 31.4 Å². The molecule has 2 fully saturated rings. The Labute approximate surface area is 133 Å². The lowest BCUT2D eigenvalue weighted by atomic mass is 9.96. The minimum absolute atomic E-state index is 0.0669. The van der Waals surface area contributed by atoms with E-state index in [9.17, 15) is 19.1 Å². The van der Waals surface area contributed by atoms with Gasteiger partial charge in [-0.1, -0.05) is 6.07 Å². The Bertz CT molecular complexity index is 661. The molecule has 0 bridgehead atoms. The number of rotatable bonds is 5. The molecule has 0 radical (unpaired) electrons. The van der Waals surface area contributed by atoms with Gasteiger partial charge in [0, 0.05) is 0 Å². The number of nitrogens with zero attached hydrogens (tertiary/aromatic N) is 1. The SMILES string of the molecule is COc1ccc([C@@H](O)CN2C(=O)N[C@@](C)(C3CC3)C2=O)cc1F. The maximum atomic E-state index is 13.7. The number of carbonyl (C=O) groups is 2. The number of ether oxygens (including phenoxy) is 1. The van der Waals surface area contributed by atoms with E-state index in [0.717, 1.165) is 23.8 Å². The summed E-state index contributed by atoms with van der Waals surface area (Å²) in [6, 6.07) is 3.53. The van der Waals surface area contributed by atoms with Gasteiger partial charge in [0.15, 0.2) is 11.6 Å². The van der Waals surface area contributed by atoms with E-state index in [-0.39, 0.29) is 29.7 Å². The van der Waals surface area contributed by atoms with Gasteiger partial charge in [-0.25, -0.2) is 9.18 Å². The second-order valence-electron chi connectivity index (χ2n) is 6.23. The van der Waals surface area contributed by atoms with Gasteiger partial charge in [0.25, 0.3) is 5.91 Å². The van der Waals surface area contributed by atoms with Crippen LogP contribution in [0.4, 0.5) is 9.18 Å². The molecule has 2 atom stereocenters. The highest BCUT2D eigenvalue weighted by Crippen LogP contribution is 2.42. The third-order valence-electron chi connectivity index (χ3n) is 4.61. The number of imide groups is 1. The summed E-state index contributed by atoms with van der Waals surface area (Å²) in [6.45, 7) is 1.50. The molecular formula is C16H19FN2O4. The molecule has 1 saturated carbocycles. The van der Waals surface area contributed by atoms with Crippen LogP contribution in [0.2, 0.25) is 0 Å². The molecule has 1 aromatic carbocycles. The minimum atomic E-state index is -1.16. The zero-order valence-electron chi connectivity index (χ0n) is 13.0. The lowest BCUT2D eigenvalue weighted by molar-refractivity contribution is -0.132. The van der Waals surface area contributed by atoms with Crippen LogP contribution in [0.5, 0.6) is 5.75 Å². The number of halogens is 1. The van der Waals surface area contributed by atoms with Crippen LogP contribution < -0.4 is 10.1 Å². The Morgan fingerprint density at radius 2 is 2.17 bits per heavy atom. The van der Waals surface area contributed by atoms with Crippen LogP contribution in [0, 0.1) is 11.7 Å². The highest BCUT2D eigenvalue weighted by atomic mass is 19.1. The van der Waals surface area contributed by atoms with Crippen LogP contribution in [0.15, 0.2) is 18.2 Å². The predicted octanol–water partition coefficient (Wildman–Crippen LogP) is 1.59. The van der Waals surface area contributed by atoms with Gasteiger partial charge >= 0.3 is 6.03 Å². The maximum absolute atomic E-state index is 13.7. The van der Waals surface area contributed by atoms with Gasteiger partial charge in [0.2, 0.25) is 0 Å². The standard InChI is InChI=1S/C16H19FN2O4/c1-16(10-4-5-10)14(21)19(15(22)18-16)8-12(20)9-3-6-13(23-2)11(17)7-9/h3,6-7,10,12,20H,4-5,8H2,1-2H3,(H,18,22)/t12-,16-/m0/s1. The van der Waals surface area contributed by atoms with Gasteiger partial charge in [0.05, 0.1) is 19.8 Å². The molecule has 1 aliphatic carbocycles. The molecule has 23 heavy (non-hydrogen) atoms. The molecule has 3 rings (SSSR count). The van der Waals surface area contributed by atoms with Crippen molar-refractivity contribution in [3.05, 3.63) is 29.6 Å². The van der Waals surface area contributed by atoms with E-state index >= 15 is 0 Å². The van der Waals surface area contributed by atoms with Crippen LogP contribution in [-0.4, -0.2) is 41.1 Å². The van der Waals surface area contributed by atoms with Gasteiger partial charge in [-0.2, -0.15) is 0 Å². The van der Waals surface area contributed by atoms with Crippen molar-refractivity contribution >= 4 is 11.9 Å². The number of urea groups is 1. The topological polar surface area (TPSA) is 78.9 Å². The van der Waals surface area contributed by atoms with E-state index in [2.05, 4.69) is 5.32 Å². The Kier molecular flexibility index (Phi) is 3.75. The fraction of sp³-hybridized carbons (Fsp3) is 0.500. The van der Waals surface area contributed by atoms with Crippen LogP contribution in [0.25, 0.3) is 0 Å². The Hall–Kier alpha value is -2.15. The van der Waals surface area contributed by atoms with E-state index in [1.54, 1.807) is 6.92 Å². The van der Waals surface area contributed by atoms with E-state index < -0.39 is 23.5 Å². The Balaban J connectivity index is 1.75. The van der Waals surface area contributed by atoms with Crippen LogP contribution >= 0.6 is 0 Å². The third-order valence-corrected chi connectivity index (χ3v) is 4.61. The molecule has 0 spiro atoms. The van der Waals surface area contributed by atoms with E-state index in [1.165, 1.54) is 19.2 Å². The van der Waals surface area contributed by atoms with E-state index in [1.807, 2.05) is 0 Å². The molecule has 1 heterocycles. The Morgan fingerprint density at radius 1 is 1.48 bits per heavy atom. The van der Waals surface area contributed by atoms with Crippen LogP contribution in [-0.2, 0) is 4.79 Å². The number of benzene rings is 1. The fourth-order valence-electron chi connectivity index (χ4n) is 2.99. The van der Waals surface area contributed by atoms with Gasteiger partial charge in [-0.15, -0.1) is 0 Å². The minimum Gasteiger partial charge on any atom is -0.494 e. The molecule has 1 saturated heterocycles. The lowest BCUT2D eigenvalue weighted by Gasteiger charge is -2.22. The Morgan fingerprint density at radius 3 is 2.74 bits per heavy atom. The van der Waals surface area contributed by atoms with Crippen molar-refractivity contribution in [2.24, 2.45) is 5.92 Å². The maximum Gasteiger partial charge on any atom is 0.325 e. The number of aliphatic hydroxyl groups excluding tert-OH is 1. The summed E-state index contributed by atoms with van der Waals surface area (Å²) in [6.07, 6.45) is 0.650. The molecule has 0 aromatic heterocycles. The number of carbonyl (C=O) groups excluding carboxylic acids is 2. The molecule has 3 amide bonds. The van der Waals surface area contributed by atoms with E-state index in [0.29, 0.717) is 0 Å². The molecule has 1 aromatic rings. The number of hydrogen-bond donors (Lipinski definition) is 2. The molecule has 0 unspecified atom stereocenters. The number of hydrogen-bond acceptors (Lipinski definition) is 4. The first kappa shape index (κ1) is 15.7. The number of β-amino-alcohol motifs (C(OH)–C–C–N with tert-alkyl or cyclic N) is 1. The van der Waals surface area contributed by atoms with Crippen molar-refractivity contribution in [1.29, 1.82) is 0 Å². The van der Waals surface area contributed by atoms with Crippen LogP contribution in [0.1, 0.15) is 31.4 Å². The summed E-state index contributed by atoms with van der Waals surface area (Å²) in [5.41, 5.74) is -0.606. The largest absolute Gasteiger partial charge is 0.494 e. The second kappa shape index (κ2) is 5.49. The van der Waals surface area contributed by atoms with Gasteiger partial charge in [-0.05, 0) is 43.4 Å². The summed E-state index contributed by atoms with van der Waals surface area (Å²) >= 11 is 0. The molecule has 2 N–H and O–H groups in total. The van der Waals surface area contributed by atoms with Gasteiger partial charge in [0.1, 0.15) is 5.54 Å². The van der Waals surface area contributed by atoms with Crippen molar-refractivity contribution in [3.63, 3.8) is 0 Å². The first-order chi connectivity index (χ1) is 10.9. The first-order valence-corrected chi connectivity index (χ1v) is 7.52. The number of amides is 3. The second-order valence-corrected chi connectivity index (χ2v) is 6.23. The summed E-state index contributed by atoms with van der Waals surface area (Å²) in [5, 5.41) is 13.0. The summed E-state index contributed by atoms with van der Waals surface area (Å²) in [5.74, 6) is -0.723. The number of aliphatic hydroxyl groups is 1. The highest BCUT2D eigenvalue weighted by molar-refractivity contribution is 6.07. The molecule has 124 valence electrons. The first-order valence-electron chi connectivity index (χ1n) is 7.52. The molecule has 2 aliphatic rings. The third kappa shape index (κ3) is 2.65. The zero-order valence-corrected chi connectivity index (χ0v) is 13.0. The zero-order chi connectivity index (χ0) is 16.8. The lowest BCUT2D eigenvalue weighted by Crippen LogP contribution is -2.46. The van der Waals surface area contributed by atoms with Crippen molar-refractivity contribution < 1.29 is 23.8 Å². The van der Waals surface area contributed by atoms with Gasteiger partial charge in [-0.3, -0.25) is 9.69 Å². The monoisotopic (exact) mass is 322 g/mol. The number of methoxy groups -OCH3 is 1. The molecule has 6 nitrogen and oxygen atoms in total. The van der Waals surface area contributed by atoms with Crippen molar-refractivity contribution in [2.75, 3.05) is 13.7 Å². The summed E-state index contributed by atoms with van der Waals surface area (Å²) < 4.78 is 18.5. The average Bonchev–Trinajstić information content (AvgIpc) is 3.33. The summed E-state index contributed by atoms with van der Waals surface area (Å²) in [7, 11) is 1.35. The molecule has 1 aliphatic heterocycles. The predicted molar refractivity (Wildman–Crippen MR) is 79.3 cm³/mol. The van der Waals surface area contributed by atoms with Crippen molar-refractivity contribution in [1.82, 2.24) is 10.2 Å². The van der Waals surface area contributed by atoms with E-state index in [4.69, 9.17) is 4.74 Å². The quantitative estimate of drug-likeness (QED) is 0.807.